The first-order valence-electron chi connectivity index (χ1n) is 4.36. The molecule has 0 aliphatic carbocycles. The molecule has 1 rings (SSSR count). The van der Waals surface area contributed by atoms with Gasteiger partial charge in [-0.25, -0.2) is 0 Å². The molecule has 0 radical (unpaired) electrons. The molecule has 0 fully saturated rings. The molecule has 1 N–H and O–H groups in total. The maximum Gasteiger partial charge on any atom is 0.216 e. The number of carbonyl (C=O) groups excluding carboxylic acids is 1. The summed E-state index contributed by atoms with van der Waals surface area (Å²) < 4.78 is 1.73. The smallest absolute Gasteiger partial charge is 0.216 e. The van der Waals surface area contributed by atoms with Crippen molar-refractivity contribution in [3.8, 4) is 0 Å². The Kier molecular flexibility index (Phi) is 3.42. The Morgan fingerprint density at radius 2 is 2.46 bits per heavy atom. The van der Waals surface area contributed by atoms with Gasteiger partial charge in [-0.05, 0) is 6.42 Å². The van der Waals surface area contributed by atoms with Crippen LogP contribution in [0.4, 0.5) is 0 Å². The van der Waals surface area contributed by atoms with Gasteiger partial charge in [-0.3, -0.25) is 9.48 Å². The van der Waals surface area contributed by atoms with E-state index < -0.39 is 0 Å². The zero-order chi connectivity index (χ0) is 9.68. The van der Waals surface area contributed by atoms with E-state index in [2.05, 4.69) is 15.6 Å². The number of nitrogens with zero attached hydrogens (tertiary/aromatic N) is 3. The second-order valence-corrected chi connectivity index (χ2v) is 2.81. The molecule has 5 nitrogen and oxygen atoms in total. The van der Waals surface area contributed by atoms with Gasteiger partial charge in [0.25, 0.3) is 0 Å². The highest BCUT2D eigenvalue weighted by Crippen LogP contribution is 1.92. The normalized spacial score (nSPS) is 10.0. The first kappa shape index (κ1) is 9.70. The number of hydrogen-bond acceptors (Lipinski definition) is 3. The maximum atomic E-state index is 10.5. The first-order chi connectivity index (χ1) is 6.22. The SMILES string of the molecule is CCc1cn(CCNC(C)=O)nn1. The third-order valence-electron chi connectivity index (χ3n) is 1.66. The van der Waals surface area contributed by atoms with Crippen LogP contribution in [0, 0.1) is 0 Å². The highest BCUT2D eigenvalue weighted by atomic mass is 16.1. The fraction of sp³-hybridized carbons (Fsp3) is 0.625. The number of aryl methyl sites for hydroxylation is 1. The van der Waals surface area contributed by atoms with Crippen LogP contribution in [-0.4, -0.2) is 27.4 Å². The van der Waals surface area contributed by atoms with Crippen molar-refractivity contribution in [3.63, 3.8) is 0 Å². The molecular weight excluding hydrogens is 168 g/mol. The molecule has 0 atom stereocenters. The molecule has 5 heteroatoms. The van der Waals surface area contributed by atoms with Crippen LogP contribution >= 0.6 is 0 Å². The molecule has 72 valence electrons. The number of carbonyl (C=O) groups is 1. The maximum absolute atomic E-state index is 10.5. The highest BCUT2D eigenvalue weighted by Gasteiger charge is 1.97. The van der Waals surface area contributed by atoms with Gasteiger partial charge in [0.2, 0.25) is 5.91 Å². The van der Waals surface area contributed by atoms with Gasteiger partial charge in [-0.15, -0.1) is 5.10 Å². The monoisotopic (exact) mass is 182 g/mol. The lowest BCUT2D eigenvalue weighted by molar-refractivity contribution is -0.118. The van der Waals surface area contributed by atoms with Gasteiger partial charge in [0.05, 0.1) is 12.2 Å². The van der Waals surface area contributed by atoms with Crippen LogP contribution in [0.2, 0.25) is 0 Å². The van der Waals surface area contributed by atoms with Gasteiger partial charge in [0.15, 0.2) is 0 Å². The standard InChI is InChI=1S/C8H14N4O/c1-3-8-6-12(11-10-8)5-4-9-7(2)13/h6H,3-5H2,1-2H3,(H,9,13). The van der Waals surface area contributed by atoms with Gasteiger partial charge in [0, 0.05) is 19.7 Å². The number of nitrogens with one attached hydrogen (secondary N) is 1. The Labute approximate surface area is 77.1 Å². The summed E-state index contributed by atoms with van der Waals surface area (Å²) in [5.41, 5.74) is 0.975. The van der Waals surface area contributed by atoms with Crippen LogP contribution in [0.15, 0.2) is 6.20 Å². The Bertz CT molecular complexity index is 281. The molecule has 1 aromatic rings. The lowest BCUT2D eigenvalue weighted by Gasteiger charge is -2.00. The van der Waals surface area contributed by atoms with E-state index in [0.717, 1.165) is 12.1 Å². The minimum Gasteiger partial charge on any atom is -0.354 e. The lowest BCUT2D eigenvalue weighted by atomic mass is 10.4. The molecule has 0 aliphatic heterocycles. The molecule has 0 aliphatic rings. The van der Waals surface area contributed by atoms with Crippen LogP contribution in [0.3, 0.4) is 0 Å². The van der Waals surface area contributed by atoms with Crippen LogP contribution in [0.25, 0.3) is 0 Å². The molecule has 13 heavy (non-hydrogen) atoms. The zero-order valence-corrected chi connectivity index (χ0v) is 7.95. The summed E-state index contributed by atoms with van der Waals surface area (Å²) >= 11 is 0. The van der Waals surface area contributed by atoms with Crippen LogP contribution < -0.4 is 5.32 Å². The van der Waals surface area contributed by atoms with E-state index in [1.807, 2.05) is 13.1 Å². The summed E-state index contributed by atoms with van der Waals surface area (Å²) in [5.74, 6) is -0.0177. The van der Waals surface area contributed by atoms with E-state index >= 15 is 0 Å². The van der Waals surface area contributed by atoms with Gasteiger partial charge in [0.1, 0.15) is 0 Å². The van der Waals surface area contributed by atoms with Crippen molar-refractivity contribution < 1.29 is 4.79 Å². The Morgan fingerprint density at radius 3 is 3.00 bits per heavy atom. The largest absolute Gasteiger partial charge is 0.354 e. The van der Waals surface area contributed by atoms with Crippen molar-refractivity contribution in [2.75, 3.05) is 6.54 Å². The fourth-order valence-corrected chi connectivity index (χ4v) is 0.956. The average molecular weight is 182 g/mol. The van der Waals surface area contributed by atoms with E-state index in [0.29, 0.717) is 13.1 Å². The molecule has 0 saturated heterocycles. The Morgan fingerprint density at radius 1 is 1.69 bits per heavy atom. The van der Waals surface area contributed by atoms with E-state index in [1.165, 1.54) is 6.92 Å². The fourth-order valence-electron chi connectivity index (χ4n) is 0.956. The number of amides is 1. The topological polar surface area (TPSA) is 59.8 Å². The Balaban J connectivity index is 2.32. The van der Waals surface area contributed by atoms with Gasteiger partial charge in [-0.1, -0.05) is 12.1 Å². The molecule has 1 heterocycles. The molecule has 1 amide bonds. The second kappa shape index (κ2) is 4.59. The third kappa shape index (κ3) is 3.23. The van der Waals surface area contributed by atoms with Crippen molar-refractivity contribution >= 4 is 5.91 Å². The number of rotatable bonds is 4. The van der Waals surface area contributed by atoms with Crippen molar-refractivity contribution in [2.24, 2.45) is 0 Å². The lowest BCUT2D eigenvalue weighted by Crippen LogP contribution is -2.24. The van der Waals surface area contributed by atoms with E-state index in [9.17, 15) is 4.79 Å². The number of hydrogen-bond donors (Lipinski definition) is 1. The van der Waals surface area contributed by atoms with Crippen LogP contribution in [-0.2, 0) is 17.8 Å². The van der Waals surface area contributed by atoms with Crippen molar-refractivity contribution in [2.45, 2.75) is 26.8 Å². The predicted octanol–water partition coefficient (Wildman–Crippen LogP) is -0.0234. The summed E-state index contributed by atoms with van der Waals surface area (Å²) in [6.45, 7) is 4.80. The summed E-state index contributed by atoms with van der Waals surface area (Å²) in [7, 11) is 0. The molecular formula is C8H14N4O. The summed E-state index contributed by atoms with van der Waals surface area (Å²) in [5, 5.41) is 10.5. The molecule has 1 aromatic heterocycles. The molecule has 0 saturated carbocycles. The van der Waals surface area contributed by atoms with Crippen LogP contribution in [0.5, 0.6) is 0 Å². The van der Waals surface area contributed by atoms with E-state index in [4.69, 9.17) is 0 Å². The molecule has 0 bridgehead atoms. The average Bonchev–Trinajstić information content (AvgIpc) is 2.52. The second-order valence-electron chi connectivity index (χ2n) is 2.81. The van der Waals surface area contributed by atoms with Gasteiger partial charge in [-0.2, -0.15) is 0 Å². The van der Waals surface area contributed by atoms with Crippen molar-refractivity contribution in [1.29, 1.82) is 0 Å². The molecule has 0 spiro atoms. The molecule has 0 aromatic carbocycles. The van der Waals surface area contributed by atoms with Crippen molar-refractivity contribution in [3.05, 3.63) is 11.9 Å². The predicted molar refractivity (Wildman–Crippen MR) is 48.1 cm³/mol. The summed E-state index contributed by atoms with van der Waals surface area (Å²) in [6.07, 6.45) is 2.78. The minimum atomic E-state index is -0.0177. The van der Waals surface area contributed by atoms with Crippen molar-refractivity contribution in [1.82, 2.24) is 20.3 Å². The summed E-state index contributed by atoms with van der Waals surface area (Å²) in [4.78, 5) is 10.5. The van der Waals surface area contributed by atoms with E-state index in [1.54, 1.807) is 4.68 Å². The minimum absolute atomic E-state index is 0.0177. The number of aromatic nitrogens is 3. The summed E-state index contributed by atoms with van der Waals surface area (Å²) in [6, 6.07) is 0. The zero-order valence-electron chi connectivity index (χ0n) is 7.95. The Hall–Kier alpha value is -1.39. The highest BCUT2D eigenvalue weighted by molar-refractivity contribution is 5.72. The first-order valence-corrected chi connectivity index (χ1v) is 4.36. The van der Waals surface area contributed by atoms with Gasteiger partial charge < -0.3 is 5.32 Å². The van der Waals surface area contributed by atoms with E-state index in [-0.39, 0.29) is 5.91 Å². The van der Waals surface area contributed by atoms with Gasteiger partial charge >= 0.3 is 0 Å². The quantitative estimate of drug-likeness (QED) is 0.711. The molecule has 0 unspecified atom stereocenters. The van der Waals surface area contributed by atoms with Crippen LogP contribution in [0.1, 0.15) is 19.5 Å². The third-order valence-corrected chi connectivity index (χ3v) is 1.66.